The van der Waals surface area contributed by atoms with E-state index >= 15 is 0 Å². The lowest BCUT2D eigenvalue weighted by Crippen LogP contribution is -2.51. The number of hydrogen-bond donors (Lipinski definition) is 1. The number of hydrogen-bond acceptors (Lipinski definition) is 1. The molecule has 1 saturated heterocycles. The highest BCUT2D eigenvalue weighted by Crippen LogP contribution is 2.20. The maximum atomic E-state index is 3.46. The van der Waals surface area contributed by atoms with Crippen LogP contribution in [0.25, 0.3) is 0 Å². The van der Waals surface area contributed by atoms with E-state index < -0.39 is 0 Å². The molecule has 0 bridgehead atoms. The minimum atomic E-state index is 0.829. The van der Waals surface area contributed by atoms with Gasteiger partial charge in [-0.1, -0.05) is 27.2 Å². The van der Waals surface area contributed by atoms with Crippen LogP contribution in [0.4, 0.5) is 0 Å². The van der Waals surface area contributed by atoms with E-state index in [1.54, 1.807) is 0 Å². The quantitative estimate of drug-likeness (QED) is 0.634. The molecule has 0 aromatic carbocycles. The van der Waals surface area contributed by atoms with E-state index in [9.17, 15) is 0 Å². The summed E-state index contributed by atoms with van der Waals surface area (Å²) in [6.45, 7) is 8.19. The SMILES string of the molecule is CCC(C)CC1NCC1C. The minimum absolute atomic E-state index is 0.829. The molecule has 0 aliphatic carbocycles. The van der Waals surface area contributed by atoms with Crippen molar-refractivity contribution in [1.29, 1.82) is 0 Å². The van der Waals surface area contributed by atoms with Crippen molar-refractivity contribution in [3.8, 4) is 0 Å². The van der Waals surface area contributed by atoms with Gasteiger partial charge in [-0.25, -0.2) is 0 Å². The van der Waals surface area contributed by atoms with Crippen molar-refractivity contribution in [2.45, 2.75) is 39.7 Å². The van der Waals surface area contributed by atoms with Gasteiger partial charge in [0.05, 0.1) is 0 Å². The van der Waals surface area contributed by atoms with Crippen molar-refractivity contribution in [1.82, 2.24) is 5.32 Å². The summed E-state index contributed by atoms with van der Waals surface area (Å²) >= 11 is 0. The maximum absolute atomic E-state index is 3.46. The smallest absolute Gasteiger partial charge is 0.0107 e. The van der Waals surface area contributed by atoms with Crippen LogP contribution in [-0.2, 0) is 0 Å². The molecule has 1 aliphatic rings. The highest BCUT2D eigenvalue weighted by atomic mass is 15.0. The van der Waals surface area contributed by atoms with Gasteiger partial charge in [0.2, 0.25) is 0 Å². The van der Waals surface area contributed by atoms with E-state index in [2.05, 4.69) is 26.1 Å². The van der Waals surface area contributed by atoms with Crippen molar-refractivity contribution in [2.24, 2.45) is 11.8 Å². The fraction of sp³-hybridized carbons (Fsp3) is 1.00. The Hall–Kier alpha value is -0.0400. The summed E-state index contributed by atoms with van der Waals surface area (Å²) in [5, 5.41) is 3.46. The van der Waals surface area contributed by atoms with Gasteiger partial charge in [-0.3, -0.25) is 0 Å². The van der Waals surface area contributed by atoms with Gasteiger partial charge in [-0.05, 0) is 24.8 Å². The number of rotatable bonds is 3. The van der Waals surface area contributed by atoms with Crippen LogP contribution in [0.3, 0.4) is 0 Å². The summed E-state index contributed by atoms with van der Waals surface area (Å²) in [6, 6.07) is 0.829. The van der Waals surface area contributed by atoms with E-state index in [1.165, 1.54) is 19.4 Å². The van der Waals surface area contributed by atoms with Crippen molar-refractivity contribution < 1.29 is 0 Å². The highest BCUT2D eigenvalue weighted by Gasteiger charge is 2.26. The van der Waals surface area contributed by atoms with E-state index in [4.69, 9.17) is 0 Å². The predicted octanol–water partition coefficient (Wildman–Crippen LogP) is 2.03. The molecule has 1 fully saturated rings. The van der Waals surface area contributed by atoms with Crippen LogP contribution >= 0.6 is 0 Å². The third-order valence-electron chi connectivity index (χ3n) is 2.74. The van der Waals surface area contributed by atoms with E-state index in [-0.39, 0.29) is 0 Å². The topological polar surface area (TPSA) is 12.0 Å². The molecule has 3 atom stereocenters. The van der Waals surface area contributed by atoms with Gasteiger partial charge in [0.25, 0.3) is 0 Å². The third-order valence-corrected chi connectivity index (χ3v) is 2.74. The lowest BCUT2D eigenvalue weighted by Gasteiger charge is -2.37. The largest absolute Gasteiger partial charge is 0.313 e. The Kier molecular flexibility index (Phi) is 2.72. The Morgan fingerprint density at radius 3 is 2.60 bits per heavy atom. The fourth-order valence-electron chi connectivity index (χ4n) is 1.44. The lowest BCUT2D eigenvalue weighted by molar-refractivity contribution is 0.213. The molecule has 1 aliphatic heterocycles. The van der Waals surface area contributed by atoms with Gasteiger partial charge in [0, 0.05) is 6.04 Å². The Balaban J connectivity index is 2.12. The second kappa shape index (κ2) is 3.38. The first-order valence-corrected chi connectivity index (χ1v) is 4.47. The zero-order valence-corrected chi connectivity index (χ0v) is 7.35. The molecule has 1 N–H and O–H groups in total. The Morgan fingerprint density at radius 1 is 1.60 bits per heavy atom. The van der Waals surface area contributed by atoms with E-state index in [0.29, 0.717) is 0 Å². The molecule has 0 spiro atoms. The molecule has 10 heavy (non-hydrogen) atoms. The highest BCUT2D eigenvalue weighted by molar-refractivity contribution is 4.85. The lowest BCUT2D eigenvalue weighted by atomic mass is 9.86. The van der Waals surface area contributed by atoms with Gasteiger partial charge in [0.1, 0.15) is 0 Å². The molecule has 0 amide bonds. The molecule has 1 rings (SSSR count). The molecule has 1 heterocycles. The van der Waals surface area contributed by atoms with Crippen LogP contribution in [0.5, 0.6) is 0 Å². The van der Waals surface area contributed by atoms with Crippen molar-refractivity contribution in [3.05, 3.63) is 0 Å². The van der Waals surface area contributed by atoms with Crippen LogP contribution in [0, 0.1) is 11.8 Å². The summed E-state index contributed by atoms with van der Waals surface area (Å²) in [7, 11) is 0. The monoisotopic (exact) mass is 141 g/mol. The third kappa shape index (κ3) is 1.72. The maximum Gasteiger partial charge on any atom is 0.0107 e. The van der Waals surface area contributed by atoms with Gasteiger partial charge >= 0.3 is 0 Å². The summed E-state index contributed by atoms with van der Waals surface area (Å²) < 4.78 is 0. The van der Waals surface area contributed by atoms with Crippen molar-refractivity contribution >= 4 is 0 Å². The molecule has 0 saturated carbocycles. The minimum Gasteiger partial charge on any atom is -0.313 e. The molecular weight excluding hydrogens is 122 g/mol. The van der Waals surface area contributed by atoms with Crippen molar-refractivity contribution in [2.75, 3.05) is 6.54 Å². The molecule has 1 heteroatoms. The van der Waals surface area contributed by atoms with Crippen LogP contribution < -0.4 is 5.32 Å². The van der Waals surface area contributed by atoms with E-state index in [1.807, 2.05) is 0 Å². The molecule has 0 aromatic rings. The summed E-state index contributed by atoms with van der Waals surface area (Å²) in [6.07, 6.45) is 2.70. The van der Waals surface area contributed by atoms with Crippen LogP contribution in [0.15, 0.2) is 0 Å². The fourth-order valence-corrected chi connectivity index (χ4v) is 1.44. The first-order valence-electron chi connectivity index (χ1n) is 4.47. The average molecular weight is 141 g/mol. The Labute approximate surface area is 64.2 Å². The zero-order valence-electron chi connectivity index (χ0n) is 7.35. The molecule has 60 valence electrons. The van der Waals surface area contributed by atoms with Crippen LogP contribution in [-0.4, -0.2) is 12.6 Å². The van der Waals surface area contributed by atoms with E-state index in [0.717, 1.165) is 17.9 Å². The molecule has 0 aromatic heterocycles. The second-order valence-electron chi connectivity index (χ2n) is 3.74. The van der Waals surface area contributed by atoms with Crippen LogP contribution in [0.1, 0.15) is 33.6 Å². The van der Waals surface area contributed by atoms with Crippen LogP contribution in [0.2, 0.25) is 0 Å². The van der Waals surface area contributed by atoms with Gasteiger partial charge < -0.3 is 5.32 Å². The standard InChI is InChI=1S/C9H19N/c1-4-7(2)5-9-8(3)6-10-9/h7-10H,4-6H2,1-3H3. The normalized spacial score (nSPS) is 35.1. The summed E-state index contributed by atoms with van der Waals surface area (Å²) in [5.41, 5.74) is 0. The first kappa shape index (κ1) is 8.06. The zero-order chi connectivity index (χ0) is 7.56. The predicted molar refractivity (Wildman–Crippen MR) is 45.0 cm³/mol. The average Bonchev–Trinajstić information content (AvgIpc) is 1.96. The Bertz CT molecular complexity index is 101. The van der Waals surface area contributed by atoms with Gasteiger partial charge in [-0.15, -0.1) is 0 Å². The summed E-state index contributed by atoms with van der Waals surface area (Å²) in [4.78, 5) is 0. The number of nitrogens with one attached hydrogen (secondary N) is 1. The molecule has 1 nitrogen and oxygen atoms in total. The van der Waals surface area contributed by atoms with Gasteiger partial charge in [0.15, 0.2) is 0 Å². The second-order valence-corrected chi connectivity index (χ2v) is 3.74. The Morgan fingerprint density at radius 2 is 2.30 bits per heavy atom. The first-order chi connectivity index (χ1) is 4.74. The molecule has 0 radical (unpaired) electrons. The molecular formula is C9H19N. The molecule has 3 unspecified atom stereocenters. The van der Waals surface area contributed by atoms with Gasteiger partial charge in [-0.2, -0.15) is 0 Å². The van der Waals surface area contributed by atoms with Crippen molar-refractivity contribution in [3.63, 3.8) is 0 Å². The summed E-state index contributed by atoms with van der Waals surface area (Å²) in [5.74, 6) is 1.83.